The number of ether oxygens (including phenoxy) is 2. The number of thiophene rings is 1. The monoisotopic (exact) mass is 452 g/mol. The number of benzene rings is 2. The van der Waals surface area contributed by atoms with Crippen molar-refractivity contribution < 1.29 is 19.1 Å². The first-order valence-electron chi connectivity index (χ1n) is 7.26. The fourth-order valence-electron chi connectivity index (χ4n) is 2.22. The van der Waals surface area contributed by atoms with Crippen LogP contribution in [0.5, 0.6) is 5.75 Å². The highest BCUT2D eigenvalue weighted by molar-refractivity contribution is 14.1. The summed E-state index contributed by atoms with van der Waals surface area (Å²) in [6, 6.07) is 14.5. The average molecular weight is 452 g/mol. The van der Waals surface area contributed by atoms with Crippen molar-refractivity contribution in [3.63, 3.8) is 0 Å². The van der Waals surface area contributed by atoms with Crippen molar-refractivity contribution in [2.24, 2.45) is 0 Å². The Kier molecular flexibility index (Phi) is 5.15. The Morgan fingerprint density at radius 2 is 1.88 bits per heavy atom. The van der Waals surface area contributed by atoms with Crippen LogP contribution in [-0.4, -0.2) is 18.5 Å². The van der Waals surface area contributed by atoms with E-state index in [0.717, 1.165) is 13.7 Å². The largest absolute Gasteiger partial charge is 0.462 e. The van der Waals surface area contributed by atoms with Gasteiger partial charge in [0.15, 0.2) is 10.6 Å². The molecule has 0 N–H and O–H groups in total. The van der Waals surface area contributed by atoms with E-state index in [2.05, 4.69) is 22.6 Å². The van der Waals surface area contributed by atoms with Gasteiger partial charge in [-0.1, -0.05) is 18.2 Å². The first-order chi connectivity index (χ1) is 11.6. The first-order valence-corrected chi connectivity index (χ1v) is 9.16. The van der Waals surface area contributed by atoms with Crippen molar-refractivity contribution in [2.75, 3.05) is 6.61 Å². The number of hydrogen-bond acceptors (Lipinski definition) is 5. The molecule has 0 aliphatic rings. The third-order valence-electron chi connectivity index (χ3n) is 3.27. The van der Waals surface area contributed by atoms with Crippen LogP contribution in [0, 0.1) is 3.57 Å². The molecule has 6 heteroatoms. The van der Waals surface area contributed by atoms with Crippen LogP contribution in [0.1, 0.15) is 27.0 Å². The molecular formula is C18H13IO4S. The zero-order valence-electron chi connectivity index (χ0n) is 12.7. The van der Waals surface area contributed by atoms with E-state index >= 15 is 0 Å². The van der Waals surface area contributed by atoms with Gasteiger partial charge >= 0.3 is 11.9 Å². The third kappa shape index (κ3) is 3.44. The molecular weight excluding hydrogens is 439 g/mol. The lowest BCUT2D eigenvalue weighted by atomic mass is 10.2. The Hall–Kier alpha value is -1.93. The molecule has 1 heterocycles. The van der Waals surface area contributed by atoms with Gasteiger partial charge in [0.25, 0.3) is 0 Å². The van der Waals surface area contributed by atoms with Gasteiger partial charge in [0.05, 0.1) is 12.2 Å². The molecule has 4 nitrogen and oxygen atoms in total. The molecule has 0 aliphatic heterocycles. The fraction of sp³-hybridized carbons (Fsp3) is 0.111. The summed E-state index contributed by atoms with van der Waals surface area (Å²) in [7, 11) is 0. The lowest BCUT2D eigenvalue weighted by molar-refractivity contribution is 0.0527. The number of fused-ring (bicyclic) bond motifs is 1. The van der Waals surface area contributed by atoms with Gasteiger partial charge in [-0.15, -0.1) is 11.3 Å². The summed E-state index contributed by atoms with van der Waals surface area (Å²) in [6.45, 7) is 2.00. The van der Waals surface area contributed by atoms with E-state index in [9.17, 15) is 9.59 Å². The summed E-state index contributed by atoms with van der Waals surface area (Å²) >= 11 is 3.39. The summed E-state index contributed by atoms with van der Waals surface area (Å²) < 4.78 is 12.5. The summed E-state index contributed by atoms with van der Waals surface area (Å²) in [6.07, 6.45) is 0. The molecule has 24 heavy (non-hydrogen) atoms. The second-order valence-corrected chi connectivity index (χ2v) is 7.17. The predicted molar refractivity (Wildman–Crippen MR) is 102 cm³/mol. The highest BCUT2D eigenvalue weighted by Gasteiger charge is 2.23. The maximum Gasteiger partial charge on any atom is 0.352 e. The minimum Gasteiger partial charge on any atom is -0.462 e. The van der Waals surface area contributed by atoms with E-state index in [-0.39, 0.29) is 12.4 Å². The molecule has 0 atom stereocenters. The molecule has 0 spiro atoms. The Morgan fingerprint density at radius 3 is 2.62 bits per heavy atom. The molecule has 122 valence electrons. The van der Waals surface area contributed by atoms with Crippen molar-refractivity contribution in [3.05, 3.63) is 62.5 Å². The Bertz CT molecular complexity index is 916. The molecule has 0 saturated heterocycles. The molecule has 1 aromatic heterocycles. The van der Waals surface area contributed by atoms with Crippen LogP contribution in [0.4, 0.5) is 0 Å². The predicted octanol–water partition coefficient (Wildman–Crippen LogP) is 4.90. The van der Waals surface area contributed by atoms with Crippen LogP contribution in [0.15, 0.2) is 48.5 Å². The fourth-order valence-corrected chi connectivity index (χ4v) is 3.79. The number of rotatable bonds is 4. The van der Waals surface area contributed by atoms with Crippen LogP contribution in [0.2, 0.25) is 0 Å². The van der Waals surface area contributed by atoms with Gasteiger partial charge in [-0.25, -0.2) is 9.59 Å². The summed E-state index contributed by atoms with van der Waals surface area (Å²) in [5.41, 5.74) is 0.437. The smallest absolute Gasteiger partial charge is 0.352 e. The standard InChI is InChI=1S/C18H13IO4S/c1-2-22-18(21)16-15(13-8-3-4-9-14(13)24-16)23-17(20)11-6-5-7-12(19)10-11/h3-10H,2H2,1H3. The normalized spacial score (nSPS) is 10.6. The number of hydrogen-bond donors (Lipinski definition) is 0. The Labute approximate surface area is 156 Å². The van der Waals surface area contributed by atoms with Crippen LogP contribution in [0.25, 0.3) is 10.1 Å². The van der Waals surface area contributed by atoms with E-state index < -0.39 is 11.9 Å². The molecule has 3 aromatic rings. The lowest BCUT2D eigenvalue weighted by Crippen LogP contribution is -2.11. The maximum absolute atomic E-state index is 12.5. The minimum atomic E-state index is -0.498. The second-order valence-electron chi connectivity index (χ2n) is 4.88. The molecule has 0 fully saturated rings. The van der Waals surface area contributed by atoms with Crippen molar-refractivity contribution in [1.29, 1.82) is 0 Å². The topological polar surface area (TPSA) is 52.6 Å². The lowest BCUT2D eigenvalue weighted by Gasteiger charge is -2.06. The Morgan fingerprint density at radius 1 is 1.08 bits per heavy atom. The molecule has 0 unspecified atom stereocenters. The number of carbonyl (C=O) groups is 2. The van der Waals surface area contributed by atoms with Crippen molar-refractivity contribution in [2.45, 2.75) is 6.92 Å². The molecule has 0 bridgehead atoms. The summed E-state index contributed by atoms with van der Waals surface area (Å²) in [5.74, 6) is -0.718. The Balaban J connectivity index is 2.02. The first kappa shape index (κ1) is 16.9. The number of halogens is 1. The zero-order chi connectivity index (χ0) is 17.1. The molecule has 0 radical (unpaired) electrons. The van der Waals surface area contributed by atoms with Crippen LogP contribution in [-0.2, 0) is 4.74 Å². The zero-order valence-corrected chi connectivity index (χ0v) is 15.7. The van der Waals surface area contributed by atoms with Gasteiger partial charge in [-0.2, -0.15) is 0 Å². The third-order valence-corrected chi connectivity index (χ3v) is 5.07. The minimum absolute atomic E-state index is 0.261. The van der Waals surface area contributed by atoms with Gasteiger partial charge in [-0.05, 0) is 59.8 Å². The molecule has 0 saturated carbocycles. The van der Waals surface area contributed by atoms with Gasteiger partial charge in [-0.3, -0.25) is 0 Å². The average Bonchev–Trinajstić information content (AvgIpc) is 2.94. The van der Waals surface area contributed by atoms with Crippen molar-refractivity contribution >= 4 is 56.0 Å². The van der Waals surface area contributed by atoms with Gasteiger partial charge in [0.1, 0.15) is 0 Å². The van der Waals surface area contributed by atoms with Crippen molar-refractivity contribution in [3.8, 4) is 5.75 Å². The summed E-state index contributed by atoms with van der Waals surface area (Å²) in [5, 5.41) is 0.726. The van der Waals surface area contributed by atoms with Crippen molar-refractivity contribution in [1.82, 2.24) is 0 Å². The van der Waals surface area contributed by atoms with E-state index in [1.807, 2.05) is 30.3 Å². The van der Waals surface area contributed by atoms with E-state index in [1.54, 1.807) is 25.1 Å². The maximum atomic E-state index is 12.5. The number of carbonyl (C=O) groups excluding carboxylic acids is 2. The van der Waals surface area contributed by atoms with Crippen LogP contribution >= 0.6 is 33.9 Å². The van der Waals surface area contributed by atoms with Crippen LogP contribution in [0.3, 0.4) is 0 Å². The number of esters is 2. The van der Waals surface area contributed by atoms with E-state index in [0.29, 0.717) is 10.4 Å². The van der Waals surface area contributed by atoms with E-state index in [4.69, 9.17) is 9.47 Å². The van der Waals surface area contributed by atoms with E-state index in [1.165, 1.54) is 11.3 Å². The highest BCUT2D eigenvalue weighted by atomic mass is 127. The SMILES string of the molecule is CCOC(=O)c1sc2ccccc2c1OC(=O)c1cccc(I)c1. The quantitative estimate of drug-likeness (QED) is 0.418. The molecule has 0 aliphatic carbocycles. The van der Waals surface area contributed by atoms with Gasteiger partial charge in [0.2, 0.25) is 0 Å². The highest BCUT2D eigenvalue weighted by Crippen LogP contribution is 2.38. The molecule has 0 amide bonds. The second kappa shape index (κ2) is 7.31. The van der Waals surface area contributed by atoms with Gasteiger partial charge in [0, 0.05) is 13.7 Å². The molecule has 2 aromatic carbocycles. The van der Waals surface area contributed by atoms with Gasteiger partial charge < -0.3 is 9.47 Å². The van der Waals surface area contributed by atoms with Crippen LogP contribution < -0.4 is 4.74 Å². The summed E-state index contributed by atoms with van der Waals surface area (Å²) in [4.78, 5) is 25.0. The molecule has 3 rings (SSSR count).